The van der Waals surface area contributed by atoms with Gasteiger partial charge in [-0.1, -0.05) is 13.8 Å². The molecular weight excluding hydrogens is 294 g/mol. The molecule has 1 aromatic carbocycles. The monoisotopic (exact) mass is 319 g/mol. The molecule has 1 N–H and O–H groups in total. The number of benzene rings is 1. The minimum Gasteiger partial charge on any atom is -0.454 e. The lowest BCUT2D eigenvalue weighted by Gasteiger charge is -2.36. The van der Waals surface area contributed by atoms with Crippen molar-refractivity contribution < 1.29 is 14.3 Å². The van der Waals surface area contributed by atoms with Gasteiger partial charge in [-0.25, -0.2) is 4.79 Å². The number of urea groups is 1. The lowest BCUT2D eigenvalue weighted by molar-refractivity contribution is 0.174. The third-order valence-electron chi connectivity index (χ3n) is 4.29. The average molecular weight is 319 g/mol. The zero-order valence-electron chi connectivity index (χ0n) is 13.9. The molecular formula is C17H25N3O3. The molecule has 3 rings (SSSR count). The number of anilines is 1. The maximum absolute atomic E-state index is 12.1. The Labute approximate surface area is 137 Å². The maximum Gasteiger partial charge on any atom is 0.317 e. The van der Waals surface area contributed by atoms with E-state index in [2.05, 4.69) is 24.1 Å². The topological polar surface area (TPSA) is 54.0 Å². The lowest BCUT2D eigenvalue weighted by Crippen LogP contribution is -2.52. The Morgan fingerprint density at radius 3 is 2.65 bits per heavy atom. The van der Waals surface area contributed by atoms with Crippen molar-refractivity contribution in [2.24, 2.45) is 5.92 Å². The second-order valence-electron chi connectivity index (χ2n) is 6.43. The molecule has 2 amide bonds. The quantitative estimate of drug-likeness (QED) is 0.925. The van der Waals surface area contributed by atoms with E-state index in [0.717, 1.165) is 56.3 Å². The fourth-order valence-corrected chi connectivity index (χ4v) is 2.83. The Morgan fingerprint density at radius 2 is 1.91 bits per heavy atom. The minimum atomic E-state index is 0.0518. The molecule has 2 aliphatic heterocycles. The van der Waals surface area contributed by atoms with Crippen LogP contribution >= 0.6 is 0 Å². The molecule has 1 saturated heterocycles. The van der Waals surface area contributed by atoms with Crippen molar-refractivity contribution in [1.29, 1.82) is 0 Å². The van der Waals surface area contributed by atoms with Crippen LogP contribution in [0.5, 0.6) is 11.5 Å². The summed E-state index contributed by atoms with van der Waals surface area (Å²) < 4.78 is 10.8. The third kappa shape index (κ3) is 3.81. The van der Waals surface area contributed by atoms with E-state index in [1.807, 2.05) is 23.1 Å². The number of carbonyl (C=O) groups excluding carboxylic acids is 1. The van der Waals surface area contributed by atoms with Crippen molar-refractivity contribution in [3.05, 3.63) is 18.2 Å². The number of hydrogen-bond acceptors (Lipinski definition) is 4. The molecule has 0 aliphatic carbocycles. The van der Waals surface area contributed by atoms with E-state index in [9.17, 15) is 4.79 Å². The summed E-state index contributed by atoms with van der Waals surface area (Å²) in [7, 11) is 0. The average Bonchev–Trinajstić information content (AvgIpc) is 3.02. The molecule has 0 aromatic heterocycles. The molecule has 2 aliphatic rings. The van der Waals surface area contributed by atoms with Gasteiger partial charge in [-0.3, -0.25) is 0 Å². The zero-order valence-corrected chi connectivity index (χ0v) is 13.9. The molecule has 1 aromatic rings. The number of amides is 2. The molecule has 1 fully saturated rings. The predicted octanol–water partition coefficient (Wildman–Crippen LogP) is 2.29. The molecule has 6 nitrogen and oxygen atoms in total. The van der Waals surface area contributed by atoms with Crippen LogP contribution in [0.3, 0.4) is 0 Å². The summed E-state index contributed by atoms with van der Waals surface area (Å²) in [5.74, 6) is 2.21. The first-order chi connectivity index (χ1) is 11.1. The Hall–Kier alpha value is -2.11. The molecule has 6 heteroatoms. The fraction of sp³-hybridized carbons (Fsp3) is 0.588. The first-order valence-corrected chi connectivity index (χ1v) is 8.31. The first-order valence-electron chi connectivity index (χ1n) is 8.31. The van der Waals surface area contributed by atoms with Gasteiger partial charge in [0.15, 0.2) is 11.5 Å². The van der Waals surface area contributed by atoms with E-state index in [-0.39, 0.29) is 6.03 Å². The largest absolute Gasteiger partial charge is 0.454 e. The van der Waals surface area contributed by atoms with Gasteiger partial charge < -0.3 is 24.6 Å². The van der Waals surface area contributed by atoms with Crippen molar-refractivity contribution in [3.8, 4) is 11.5 Å². The molecule has 2 heterocycles. The summed E-state index contributed by atoms with van der Waals surface area (Å²) in [5, 5.41) is 3.00. The highest BCUT2D eigenvalue weighted by molar-refractivity contribution is 5.74. The maximum atomic E-state index is 12.1. The predicted molar refractivity (Wildman–Crippen MR) is 89.2 cm³/mol. The Kier molecular flexibility index (Phi) is 4.79. The van der Waals surface area contributed by atoms with Crippen LogP contribution in [0.4, 0.5) is 10.5 Å². The Morgan fingerprint density at radius 1 is 1.17 bits per heavy atom. The Bertz CT molecular complexity index is 554. The van der Waals surface area contributed by atoms with Gasteiger partial charge in [-0.2, -0.15) is 0 Å². The van der Waals surface area contributed by atoms with Crippen LogP contribution in [-0.2, 0) is 0 Å². The number of fused-ring (bicyclic) bond motifs is 1. The van der Waals surface area contributed by atoms with Crippen molar-refractivity contribution in [1.82, 2.24) is 10.2 Å². The molecule has 0 radical (unpaired) electrons. The highest BCUT2D eigenvalue weighted by Crippen LogP contribution is 2.35. The number of nitrogens with one attached hydrogen (secondary N) is 1. The van der Waals surface area contributed by atoms with E-state index in [0.29, 0.717) is 12.7 Å². The third-order valence-corrected chi connectivity index (χ3v) is 4.29. The van der Waals surface area contributed by atoms with Crippen LogP contribution in [0.1, 0.15) is 20.3 Å². The van der Waals surface area contributed by atoms with Gasteiger partial charge >= 0.3 is 6.03 Å². The molecule has 0 atom stereocenters. The van der Waals surface area contributed by atoms with Crippen LogP contribution in [0.25, 0.3) is 0 Å². The summed E-state index contributed by atoms with van der Waals surface area (Å²) in [6.07, 6.45) is 1.02. The summed E-state index contributed by atoms with van der Waals surface area (Å²) in [6, 6.07) is 6.06. The van der Waals surface area contributed by atoms with Crippen LogP contribution in [0.15, 0.2) is 18.2 Å². The molecule has 0 spiro atoms. The van der Waals surface area contributed by atoms with Gasteiger partial charge in [-0.05, 0) is 24.5 Å². The van der Waals surface area contributed by atoms with Crippen LogP contribution in [0.2, 0.25) is 0 Å². The second kappa shape index (κ2) is 6.98. The van der Waals surface area contributed by atoms with E-state index in [4.69, 9.17) is 9.47 Å². The second-order valence-corrected chi connectivity index (χ2v) is 6.43. The van der Waals surface area contributed by atoms with Crippen molar-refractivity contribution in [2.45, 2.75) is 20.3 Å². The number of piperazine rings is 1. The van der Waals surface area contributed by atoms with Gasteiger partial charge in [0.05, 0.1) is 0 Å². The number of ether oxygens (including phenoxy) is 2. The smallest absolute Gasteiger partial charge is 0.317 e. The molecule has 0 unspecified atom stereocenters. The number of hydrogen-bond donors (Lipinski definition) is 1. The van der Waals surface area contributed by atoms with Crippen molar-refractivity contribution >= 4 is 11.7 Å². The van der Waals surface area contributed by atoms with Gasteiger partial charge in [-0.15, -0.1) is 0 Å². The van der Waals surface area contributed by atoms with Gasteiger partial charge in [0.1, 0.15) is 0 Å². The van der Waals surface area contributed by atoms with Gasteiger partial charge in [0, 0.05) is 44.5 Å². The number of nitrogens with zero attached hydrogens (tertiary/aromatic N) is 2. The molecule has 126 valence electrons. The molecule has 0 bridgehead atoms. The number of carbonyl (C=O) groups is 1. The molecule has 23 heavy (non-hydrogen) atoms. The van der Waals surface area contributed by atoms with Crippen molar-refractivity contribution in [3.63, 3.8) is 0 Å². The standard InChI is InChI=1S/C17H25N3O3/c1-13(2)5-6-18-17(21)20-9-7-19(8-10-20)14-3-4-15-16(11-14)23-12-22-15/h3-4,11,13H,5-10,12H2,1-2H3,(H,18,21). The molecule has 0 saturated carbocycles. The van der Waals surface area contributed by atoms with E-state index in [1.54, 1.807) is 0 Å². The van der Waals surface area contributed by atoms with Gasteiger partial charge in [0.2, 0.25) is 6.79 Å². The SMILES string of the molecule is CC(C)CCNC(=O)N1CCN(c2ccc3c(c2)OCO3)CC1. The van der Waals surface area contributed by atoms with Crippen molar-refractivity contribution in [2.75, 3.05) is 44.4 Å². The summed E-state index contributed by atoms with van der Waals surface area (Å²) in [6.45, 7) is 8.51. The van der Waals surface area contributed by atoms with Crippen LogP contribution < -0.4 is 19.7 Å². The van der Waals surface area contributed by atoms with Crippen LogP contribution in [-0.4, -0.2) is 50.4 Å². The normalized spacial score (nSPS) is 16.8. The highest BCUT2D eigenvalue weighted by Gasteiger charge is 2.22. The number of rotatable bonds is 4. The van der Waals surface area contributed by atoms with E-state index >= 15 is 0 Å². The fourth-order valence-electron chi connectivity index (χ4n) is 2.83. The highest BCUT2D eigenvalue weighted by atomic mass is 16.7. The van der Waals surface area contributed by atoms with Gasteiger partial charge in [0.25, 0.3) is 0 Å². The lowest BCUT2D eigenvalue weighted by atomic mass is 10.1. The summed E-state index contributed by atoms with van der Waals surface area (Å²) in [5.41, 5.74) is 1.12. The zero-order chi connectivity index (χ0) is 16.2. The van der Waals surface area contributed by atoms with E-state index < -0.39 is 0 Å². The summed E-state index contributed by atoms with van der Waals surface area (Å²) >= 11 is 0. The Balaban J connectivity index is 1.49. The van der Waals surface area contributed by atoms with E-state index in [1.165, 1.54) is 0 Å². The first kappa shape index (κ1) is 15.8. The van der Waals surface area contributed by atoms with Crippen LogP contribution in [0, 0.1) is 5.92 Å². The minimum absolute atomic E-state index is 0.0518. The summed E-state index contributed by atoms with van der Waals surface area (Å²) in [4.78, 5) is 16.3.